The first-order chi connectivity index (χ1) is 14.5. The van der Waals surface area contributed by atoms with Crippen molar-refractivity contribution in [1.82, 2.24) is 15.8 Å². The Bertz CT molecular complexity index is 820. The first kappa shape index (κ1) is 23.4. The van der Waals surface area contributed by atoms with E-state index in [9.17, 15) is 4.79 Å². The van der Waals surface area contributed by atoms with Crippen LogP contribution in [-0.2, 0) is 30.7 Å². The summed E-state index contributed by atoms with van der Waals surface area (Å²) >= 11 is 0. The van der Waals surface area contributed by atoms with E-state index in [1.807, 2.05) is 45.0 Å². The lowest BCUT2D eigenvalue weighted by Crippen LogP contribution is -2.37. The average Bonchev–Trinajstić information content (AvgIpc) is 3.11. The second-order valence-electron chi connectivity index (χ2n) is 7.63. The molecule has 0 fully saturated rings. The lowest BCUT2D eigenvalue weighted by molar-refractivity contribution is -0.116. The Balaban J connectivity index is 2.03. The summed E-state index contributed by atoms with van der Waals surface area (Å²) < 4.78 is 5.44. The standard InChI is InChI=1S/C23H35N5O2/c1-6-20-19(21(7-2)30-28-20)15-26-23(24-8-3)25-14-17-10-9-11-18(13-17)27-22(29)12-16(4)5/h9-11,13,16H,6-8,12,14-15H2,1-5H3,(H,27,29)(H2,24,25,26). The third-order valence-corrected chi connectivity index (χ3v) is 4.61. The number of benzene rings is 1. The van der Waals surface area contributed by atoms with Crippen molar-refractivity contribution >= 4 is 17.6 Å². The molecule has 0 atom stereocenters. The molecule has 0 radical (unpaired) electrons. The number of carbonyl (C=O) groups is 1. The number of anilines is 1. The van der Waals surface area contributed by atoms with Gasteiger partial charge in [-0.1, -0.05) is 45.0 Å². The Hall–Kier alpha value is -2.83. The van der Waals surface area contributed by atoms with E-state index in [1.165, 1.54) is 0 Å². The molecule has 0 bridgehead atoms. The summed E-state index contributed by atoms with van der Waals surface area (Å²) in [5.41, 5.74) is 3.93. The number of aryl methyl sites for hydroxylation is 2. The molecule has 7 heteroatoms. The van der Waals surface area contributed by atoms with Crippen molar-refractivity contribution in [2.45, 2.75) is 67.0 Å². The van der Waals surface area contributed by atoms with Crippen LogP contribution >= 0.6 is 0 Å². The lowest BCUT2D eigenvalue weighted by Gasteiger charge is -2.12. The summed E-state index contributed by atoms with van der Waals surface area (Å²) in [6.45, 7) is 12.1. The zero-order valence-corrected chi connectivity index (χ0v) is 18.8. The highest BCUT2D eigenvalue weighted by Crippen LogP contribution is 2.16. The second-order valence-corrected chi connectivity index (χ2v) is 7.63. The summed E-state index contributed by atoms with van der Waals surface area (Å²) in [5.74, 6) is 2.02. The van der Waals surface area contributed by atoms with Crippen molar-refractivity contribution in [1.29, 1.82) is 0 Å². The maximum atomic E-state index is 12.0. The third kappa shape index (κ3) is 7.21. The molecule has 2 aromatic rings. The predicted octanol–water partition coefficient (Wildman–Crippen LogP) is 4.04. The fraction of sp³-hybridized carbons (Fsp3) is 0.522. The molecular weight excluding hydrogens is 378 g/mol. The van der Waals surface area contributed by atoms with Gasteiger partial charge in [-0.05, 0) is 37.0 Å². The number of guanidine groups is 1. The van der Waals surface area contributed by atoms with Crippen LogP contribution in [0.5, 0.6) is 0 Å². The zero-order chi connectivity index (χ0) is 21.9. The van der Waals surface area contributed by atoms with Crippen LogP contribution in [0, 0.1) is 5.92 Å². The molecule has 30 heavy (non-hydrogen) atoms. The molecule has 3 N–H and O–H groups in total. The maximum absolute atomic E-state index is 12.0. The van der Waals surface area contributed by atoms with E-state index in [4.69, 9.17) is 9.52 Å². The van der Waals surface area contributed by atoms with Crippen molar-refractivity contribution in [2.24, 2.45) is 10.9 Å². The van der Waals surface area contributed by atoms with Crippen LogP contribution in [-0.4, -0.2) is 23.6 Å². The van der Waals surface area contributed by atoms with Crippen molar-refractivity contribution in [2.75, 3.05) is 11.9 Å². The largest absolute Gasteiger partial charge is 0.361 e. The van der Waals surface area contributed by atoms with E-state index in [0.29, 0.717) is 25.4 Å². The van der Waals surface area contributed by atoms with Gasteiger partial charge >= 0.3 is 0 Å². The van der Waals surface area contributed by atoms with Crippen LogP contribution < -0.4 is 16.0 Å². The van der Waals surface area contributed by atoms with Gasteiger partial charge in [-0.2, -0.15) is 0 Å². The van der Waals surface area contributed by atoms with Gasteiger partial charge in [0, 0.05) is 37.2 Å². The van der Waals surface area contributed by atoms with E-state index in [1.54, 1.807) is 0 Å². The average molecular weight is 414 g/mol. The molecule has 1 aromatic carbocycles. The Kier molecular flexibility index (Phi) is 9.38. The highest BCUT2D eigenvalue weighted by atomic mass is 16.5. The van der Waals surface area contributed by atoms with Crippen LogP contribution in [0.25, 0.3) is 0 Å². The number of aliphatic imine (C=N–C) groups is 1. The quantitative estimate of drug-likeness (QED) is 0.404. The van der Waals surface area contributed by atoms with Gasteiger partial charge in [0.05, 0.1) is 12.2 Å². The second kappa shape index (κ2) is 12.0. The molecule has 0 saturated heterocycles. The number of carbonyl (C=O) groups excluding carboxylic acids is 1. The van der Waals surface area contributed by atoms with Crippen LogP contribution in [0.1, 0.15) is 63.6 Å². The van der Waals surface area contributed by atoms with Crippen molar-refractivity contribution in [3.63, 3.8) is 0 Å². The van der Waals surface area contributed by atoms with Gasteiger partial charge in [0.25, 0.3) is 0 Å². The monoisotopic (exact) mass is 413 g/mol. The number of hydrogen-bond acceptors (Lipinski definition) is 4. The number of rotatable bonds is 10. The van der Waals surface area contributed by atoms with Gasteiger partial charge in [0.2, 0.25) is 5.91 Å². The molecule has 1 heterocycles. The van der Waals surface area contributed by atoms with E-state index in [2.05, 4.69) is 35.0 Å². The molecular formula is C23H35N5O2. The van der Waals surface area contributed by atoms with Crippen molar-refractivity contribution in [3.8, 4) is 0 Å². The Labute approximate surface area is 179 Å². The van der Waals surface area contributed by atoms with Gasteiger partial charge < -0.3 is 20.5 Å². The molecule has 164 valence electrons. The fourth-order valence-electron chi connectivity index (χ4n) is 3.15. The van der Waals surface area contributed by atoms with E-state index < -0.39 is 0 Å². The Morgan fingerprint density at radius 3 is 2.63 bits per heavy atom. The molecule has 1 aromatic heterocycles. The third-order valence-electron chi connectivity index (χ3n) is 4.61. The van der Waals surface area contributed by atoms with Gasteiger partial charge in [-0.25, -0.2) is 4.99 Å². The maximum Gasteiger partial charge on any atom is 0.224 e. The van der Waals surface area contributed by atoms with Gasteiger partial charge in [0.1, 0.15) is 5.76 Å². The van der Waals surface area contributed by atoms with Crippen molar-refractivity contribution < 1.29 is 9.32 Å². The summed E-state index contributed by atoms with van der Waals surface area (Å²) in [6, 6.07) is 7.82. The normalized spacial score (nSPS) is 11.6. The van der Waals surface area contributed by atoms with E-state index >= 15 is 0 Å². The lowest BCUT2D eigenvalue weighted by atomic mass is 10.1. The Morgan fingerprint density at radius 1 is 1.17 bits per heavy atom. The highest BCUT2D eigenvalue weighted by Gasteiger charge is 2.13. The van der Waals surface area contributed by atoms with Crippen LogP contribution in [0.4, 0.5) is 5.69 Å². The summed E-state index contributed by atoms with van der Waals surface area (Å²) in [4.78, 5) is 16.7. The number of nitrogens with zero attached hydrogens (tertiary/aromatic N) is 2. The van der Waals surface area contributed by atoms with Crippen LogP contribution in [0.15, 0.2) is 33.8 Å². The number of hydrogen-bond donors (Lipinski definition) is 3. The minimum atomic E-state index is 0.0350. The van der Waals surface area contributed by atoms with Crippen molar-refractivity contribution in [3.05, 3.63) is 46.8 Å². The summed E-state index contributed by atoms with van der Waals surface area (Å²) in [6.07, 6.45) is 2.16. The van der Waals surface area contributed by atoms with Gasteiger partial charge in [-0.3, -0.25) is 4.79 Å². The summed E-state index contributed by atoms with van der Waals surface area (Å²) in [5, 5.41) is 13.8. The smallest absolute Gasteiger partial charge is 0.224 e. The molecule has 0 aliphatic rings. The molecule has 2 rings (SSSR count). The minimum Gasteiger partial charge on any atom is -0.361 e. The van der Waals surface area contributed by atoms with Gasteiger partial charge in [0.15, 0.2) is 5.96 Å². The number of nitrogens with one attached hydrogen (secondary N) is 3. The van der Waals surface area contributed by atoms with Crippen LogP contribution in [0.2, 0.25) is 0 Å². The molecule has 0 spiro atoms. The molecule has 0 aliphatic heterocycles. The van der Waals surface area contributed by atoms with Crippen LogP contribution in [0.3, 0.4) is 0 Å². The zero-order valence-electron chi connectivity index (χ0n) is 18.8. The topological polar surface area (TPSA) is 91.5 Å². The number of amides is 1. The molecule has 0 aliphatic carbocycles. The van der Waals surface area contributed by atoms with E-state index in [-0.39, 0.29) is 5.91 Å². The molecule has 0 unspecified atom stereocenters. The minimum absolute atomic E-state index is 0.0350. The SMILES string of the molecule is CCNC(=NCc1cccc(NC(=O)CC(C)C)c1)NCc1c(CC)noc1CC. The summed E-state index contributed by atoms with van der Waals surface area (Å²) in [7, 11) is 0. The van der Waals surface area contributed by atoms with E-state index in [0.717, 1.165) is 53.6 Å². The molecule has 7 nitrogen and oxygen atoms in total. The number of aromatic nitrogens is 1. The first-order valence-corrected chi connectivity index (χ1v) is 10.8. The first-order valence-electron chi connectivity index (χ1n) is 10.8. The predicted molar refractivity (Wildman–Crippen MR) is 121 cm³/mol. The Morgan fingerprint density at radius 2 is 1.97 bits per heavy atom. The molecule has 1 amide bonds. The van der Waals surface area contributed by atoms with Gasteiger partial charge in [-0.15, -0.1) is 0 Å². The molecule has 0 saturated carbocycles. The highest BCUT2D eigenvalue weighted by molar-refractivity contribution is 5.90. The fourth-order valence-corrected chi connectivity index (χ4v) is 3.15.